The molecule has 194 valence electrons. The highest BCUT2D eigenvalue weighted by atomic mass is 32.3. The summed E-state index contributed by atoms with van der Waals surface area (Å²) in [5.74, 6) is -0.677. The number of para-hydroxylation sites is 1. The van der Waals surface area contributed by atoms with Gasteiger partial charge in [-0.25, -0.2) is 4.18 Å². The number of hydrogen-bond donors (Lipinski definition) is 2. The van der Waals surface area contributed by atoms with Crippen molar-refractivity contribution in [3.63, 3.8) is 0 Å². The largest absolute Gasteiger partial charge is 0.481 e. The summed E-state index contributed by atoms with van der Waals surface area (Å²) in [6, 6.07) is 9.58. The molecule has 0 radical (unpaired) electrons. The van der Waals surface area contributed by atoms with E-state index >= 15 is 0 Å². The first kappa shape index (κ1) is 30.1. The second-order valence-corrected chi connectivity index (χ2v) is 9.84. The average molecular weight is 500 g/mol. The van der Waals surface area contributed by atoms with Gasteiger partial charge in [0, 0.05) is 25.6 Å². The van der Waals surface area contributed by atoms with Crippen molar-refractivity contribution >= 4 is 28.0 Å². The second-order valence-electron chi connectivity index (χ2n) is 8.79. The molecule has 0 bridgehead atoms. The Hall–Kier alpha value is -1.97. The van der Waals surface area contributed by atoms with Gasteiger partial charge in [0.15, 0.2) is 0 Å². The van der Waals surface area contributed by atoms with Crippen molar-refractivity contribution in [1.82, 2.24) is 0 Å². The van der Waals surface area contributed by atoms with Crippen LogP contribution in [-0.4, -0.2) is 43.1 Å². The van der Waals surface area contributed by atoms with Crippen LogP contribution < -0.4 is 4.90 Å². The van der Waals surface area contributed by atoms with Crippen LogP contribution in [0.15, 0.2) is 30.3 Å². The van der Waals surface area contributed by atoms with Gasteiger partial charge in [-0.2, -0.15) is 8.42 Å². The smallest absolute Gasteiger partial charge is 0.397 e. The Morgan fingerprint density at radius 2 is 1.29 bits per heavy atom. The molecule has 0 unspecified atom stereocenters. The molecular formula is C25H41NO7S. The molecule has 1 rings (SSSR count). The standard InChI is InChI=1S/C25H41NO7S/c1-26(22-16-10-9-11-17-22)24(27)20-14-7-3-2-5-12-18-23(33-34(30,31)32)19-13-6-4-8-15-21-25(28)29/h9-11,16-17,23H,2-8,12-15,18-21H2,1H3,(H,28,29)(H,30,31,32)/t23-/m0/s1. The maximum absolute atomic E-state index is 12.3. The number of carboxylic acid groups (broad SMARTS) is 1. The topological polar surface area (TPSA) is 121 Å². The Morgan fingerprint density at radius 1 is 0.824 bits per heavy atom. The van der Waals surface area contributed by atoms with Crippen LogP contribution >= 0.6 is 0 Å². The molecule has 0 saturated carbocycles. The first-order chi connectivity index (χ1) is 16.2. The van der Waals surface area contributed by atoms with Crippen LogP contribution in [0.5, 0.6) is 0 Å². The zero-order chi connectivity index (χ0) is 25.2. The summed E-state index contributed by atoms with van der Waals surface area (Å²) in [4.78, 5) is 24.5. The Labute approximate surface area is 204 Å². The third-order valence-corrected chi connectivity index (χ3v) is 6.37. The van der Waals surface area contributed by atoms with Crippen LogP contribution in [0, 0.1) is 0 Å². The predicted octanol–water partition coefficient (Wildman–Crippen LogP) is 5.77. The Morgan fingerprint density at radius 3 is 1.79 bits per heavy atom. The van der Waals surface area contributed by atoms with Crippen LogP contribution in [0.25, 0.3) is 0 Å². The fourth-order valence-corrected chi connectivity index (χ4v) is 4.45. The lowest BCUT2D eigenvalue weighted by atomic mass is 10.0. The first-order valence-electron chi connectivity index (χ1n) is 12.4. The zero-order valence-electron chi connectivity index (χ0n) is 20.4. The molecule has 0 aliphatic heterocycles. The van der Waals surface area contributed by atoms with Gasteiger partial charge in [0.05, 0.1) is 6.10 Å². The lowest BCUT2D eigenvalue weighted by Gasteiger charge is -2.17. The summed E-state index contributed by atoms with van der Waals surface area (Å²) in [5, 5.41) is 8.63. The number of benzene rings is 1. The van der Waals surface area contributed by atoms with Crippen molar-refractivity contribution in [2.75, 3.05) is 11.9 Å². The van der Waals surface area contributed by atoms with E-state index in [9.17, 15) is 18.0 Å². The van der Waals surface area contributed by atoms with E-state index in [4.69, 9.17) is 13.8 Å². The maximum atomic E-state index is 12.3. The quantitative estimate of drug-likeness (QED) is 0.172. The molecule has 0 aromatic heterocycles. The molecular weight excluding hydrogens is 458 g/mol. The zero-order valence-corrected chi connectivity index (χ0v) is 21.2. The maximum Gasteiger partial charge on any atom is 0.397 e. The summed E-state index contributed by atoms with van der Waals surface area (Å²) < 4.78 is 36.1. The van der Waals surface area contributed by atoms with Crippen LogP contribution in [-0.2, 0) is 24.2 Å². The van der Waals surface area contributed by atoms with Gasteiger partial charge >= 0.3 is 16.4 Å². The van der Waals surface area contributed by atoms with Crippen molar-refractivity contribution in [3.8, 4) is 0 Å². The van der Waals surface area contributed by atoms with Crippen LogP contribution in [0.4, 0.5) is 5.69 Å². The number of nitrogens with zero attached hydrogens (tertiary/aromatic N) is 1. The SMILES string of the molecule is CN(C(=O)CCCCCCCC[C@@H](CCCCCCCC(=O)O)OS(=O)(=O)O)c1ccccc1. The summed E-state index contributed by atoms with van der Waals surface area (Å²) in [6.07, 6.45) is 10.9. The summed E-state index contributed by atoms with van der Waals surface area (Å²) in [6.45, 7) is 0. The molecule has 0 aliphatic rings. The average Bonchev–Trinajstić information content (AvgIpc) is 2.78. The first-order valence-corrected chi connectivity index (χ1v) is 13.7. The molecule has 1 atom stereocenters. The minimum atomic E-state index is -4.48. The van der Waals surface area contributed by atoms with Crippen molar-refractivity contribution < 1.29 is 31.8 Å². The van der Waals surface area contributed by atoms with Crippen molar-refractivity contribution in [1.29, 1.82) is 0 Å². The number of rotatable bonds is 20. The van der Waals surface area contributed by atoms with Gasteiger partial charge < -0.3 is 10.0 Å². The highest BCUT2D eigenvalue weighted by Gasteiger charge is 2.16. The Kier molecular flexibility index (Phi) is 15.4. The third kappa shape index (κ3) is 15.8. The highest BCUT2D eigenvalue weighted by Crippen LogP contribution is 2.19. The van der Waals surface area contributed by atoms with Gasteiger partial charge in [-0.05, 0) is 37.8 Å². The van der Waals surface area contributed by atoms with Gasteiger partial charge in [0.1, 0.15) is 0 Å². The molecule has 1 aromatic carbocycles. The van der Waals surface area contributed by atoms with Crippen molar-refractivity contribution in [2.24, 2.45) is 0 Å². The van der Waals surface area contributed by atoms with Gasteiger partial charge in [0.25, 0.3) is 0 Å². The van der Waals surface area contributed by atoms with E-state index in [1.165, 1.54) is 0 Å². The number of carboxylic acids is 1. The molecule has 1 amide bonds. The number of aliphatic carboxylic acids is 1. The monoisotopic (exact) mass is 499 g/mol. The number of anilines is 1. The van der Waals surface area contributed by atoms with E-state index in [0.29, 0.717) is 25.7 Å². The van der Waals surface area contributed by atoms with Gasteiger partial charge in [-0.1, -0.05) is 76.0 Å². The number of carbonyl (C=O) groups excluding carboxylic acids is 1. The number of carbonyl (C=O) groups is 2. The minimum absolute atomic E-state index is 0.110. The van der Waals surface area contributed by atoms with E-state index in [0.717, 1.165) is 69.9 Å². The molecule has 0 heterocycles. The van der Waals surface area contributed by atoms with Crippen molar-refractivity contribution in [2.45, 2.75) is 102 Å². The van der Waals surface area contributed by atoms with E-state index in [2.05, 4.69) is 0 Å². The summed E-state index contributed by atoms with van der Waals surface area (Å²) in [5.41, 5.74) is 0.896. The van der Waals surface area contributed by atoms with Gasteiger partial charge in [-0.15, -0.1) is 0 Å². The second kappa shape index (κ2) is 17.5. The molecule has 0 aliphatic carbocycles. The molecule has 34 heavy (non-hydrogen) atoms. The molecule has 8 nitrogen and oxygen atoms in total. The van der Waals surface area contributed by atoms with Crippen LogP contribution in [0.2, 0.25) is 0 Å². The summed E-state index contributed by atoms with van der Waals surface area (Å²) >= 11 is 0. The van der Waals surface area contributed by atoms with Crippen LogP contribution in [0.1, 0.15) is 96.3 Å². The lowest BCUT2D eigenvalue weighted by molar-refractivity contribution is -0.137. The predicted molar refractivity (Wildman–Crippen MR) is 133 cm³/mol. The molecule has 2 N–H and O–H groups in total. The molecule has 0 spiro atoms. The normalized spacial score (nSPS) is 12.4. The van der Waals surface area contributed by atoms with Crippen molar-refractivity contribution in [3.05, 3.63) is 30.3 Å². The van der Waals surface area contributed by atoms with E-state index in [-0.39, 0.29) is 12.3 Å². The van der Waals surface area contributed by atoms with Gasteiger partial charge in [-0.3, -0.25) is 14.1 Å². The van der Waals surface area contributed by atoms with E-state index in [1.54, 1.807) is 11.9 Å². The molecule has 0 fully saturated rings. The number of hydrogen-bond acceptors (Lipinski definition) is 5. The fourth-order valence-electron chi connectivity index (χ4n) is 3.91. The van der Waals surface area contributed by atoms with Gasteiger partial charge in [0.2, 0.25) is 5.91 Å². The number of unbranched alkanes of at least 4 members (excludes halogenated alkanes) is 9. The highest BCUT2D eigenvalue weighted by molar-refractivity contribution is 7.80. The Balaban J connectivity index is 2.13. The number of amides is 1. The van der Waals surface area contributed by atoms with E-state index < -0.39 is 22.5 Å². The van der Waals surface area contributed by atoms with Crippen LogP contribution in [0.3, 0.4) is 0 Å². The third-order valence-electron chi connectivity index (χ3n) is 5.86. The van der Waals surface area contributed by atoms with E-state index in [1.807, 2.05) is 30.3 Å². The fraction of sp³-hybridized carbons (Fsp3) is 0.680. The molecule has 9 heteroatoms. The summed E-state index contributed by atoms with van der Waals surface area (Å²) in [7, 11) is -2.68. The molecule has 1 aromatic rings. The Bertz CT molecular complexity index is 799. The minimum Gasteiger partial charge on any atom is -0.481 e. The lowest BCUT2D eigenvalue weighted by Crippen LogP contribution is -2.25. The molecule has 0 saturated heterocycles.